The molecule has 1 aliphatic rings. The van der Waals surface area contributed by atoms with Crippen LogP contribution in [0.25, 0.3) is 0 Å². The third-order valence-electron chi connectivity index (χ3n) is 5.90. The highest BCUT2D eigenvalue weighted by Crippen LogP contribution is 2.48. The molecular weight excluding hydrogens is 501 g/mol. The lowest BCUT2D eigenvalue weighted by molar-refractivity contribution is -0.133. The van der Waals surface area contributed by atoms with Crippen molar-refractivity contribution < 1.29 is 13.2 Å². The van der Waals surface area contributed by atoms with Crippen LogP contribution < -0.4 is 10.6 Å². The third-order valence-corrected chi connectivity index (χ3v) is 7.02. The predicted octanol–water partition coefficient (Wildman–Crippen LogP) is 3.75. The van der Waals surface area contributed by atoms with Gasteiger partial charge in [0.2, 0.25) is 0 Å². The molecule has 2 rings (SSSR count). The van der Waals surface area contributed by atoms with E-state index in [4.69, 9.17) is 9.73 Å². The Morgan fingerprint density at radius 1 is 1.17 bits per heavy atom. The number of rotatable bonds is 9. The Labute approximate surface area is 193 Å². The highest BCUT2D eigenvalue weighted by Gasteiger charge is 2.53. The van der Waals surface area contributed by atoms with Crippen molar-refractivity contribution in [1.82, 2.24) is 10.6 Å². The van der Waals surface area contributed by atoms with Crippen molar-refractivity contribution in [2.75, 3.05) is 19.4 Å². The molecule has 0 aliphatic heterocycles. The maximum atomic E-state index is 11.6. The molecule has 0 amide bonds. The topological polar surface area (TPSA) is 79.8 Å². The number of nitrogens with one attached hydrogen (secondary N) is 2. The largest absolute Gasteiger partial charge is 0.378 e. The highest BCUT2D eigenvalue weighted by atomic mass is 127. The van der Waals surface area contributed by atoms with Gasteiger partial charge in [0, 0.05) is 30.9 Å². The second-order valence-corrected chi connectivity index (χ2v) is 9.44. The van der Waals surface area contributed by atoms with E-state index in [9.17, 15) is 8.42 Å². The number of hydrogen-bond donors (Lipinski definition) is 2. The Hall–Kier alpha value is -0.870. The van der Waals surface area contributed by atoms with Crippen molar-refractivity contribution in [2.24, 2.45) is 10.4 Å². The molecule has 29 heavy (non-hydrogen) atoms. The van der Waals surface area contributed by atoms with Crippen LogP contribution in [0.1, 0.15) is 52.5 Å². The number of hydrogen-bond acceptors (Lipinski definition) is 4. The molecule has 8 heteroatoms. The maximum Gasteiger partial charge on any atom is 0.191 e. The van der Waals surface area contributed by atoms with Gasteiger partial charge in [-0.1, -0.05) is 26.0 Å². The first kappa shape index (κ1) is 26.2. The average Bonchev–Trinajstić information content (AvgIpc) is 2.66. The zero-order chi connectivity index (χ0) is 20.8. The molecule has 0 spiro atoms. The lowest BCUT2D eigenvalue weighted by Crippen LogP contribution is -2.65. The summed E-state index contributed by atoms with van der Waals surface area (Å²) >= 11 is 0. The Balaban J connectivity index is 0.00000420. The van der Waals surface area contributed by atoms with Gasteiger partial charge in [-0.15, -0.1) is 24.0 Å². The molecular formula is C21H36IN3O3S. The minimum absolute atomic E-state index is 0. The second kappa shape index (κ2) is 11.5. The van der Waals surface area contributed by atoms with Gasteiger partial charge in [0.25, 0.3) is 0 Å². The third kappa shape index (κ3) is 6.30. The monoisotopic (exact) mass is 537 g/mol. The smallest absolute Gasteiger partial charge is 0.191 e. The number of benzene rings is 1. The number of ether oxygens (including phenoxy) is 1. The number of nitrogens with zero attached hydrogens (tertiary/aromatic N) is 1. The molecule has 0 radical (unpaired) electrons. The second-order valence-electron chi connectivity index (χ2n) is 7.43. The van der Waals surface area contributed by atoms with Gasteiger partial charge in [-0.25, -0.2) is 13.4 Å². The van der Waals surface area contributed by atoms with Crippen LogP contribution >= 0.6 is 24.0 Å². The molecule has 0 saturated heterocycles. The lowest BCUT2D eigenvalue weighted by Gasteiger charge is -2.55. The quantitative estimate of drug-likeness (QED) is 0.285. The summed E-state index contributed by atoms with van der Waals surface area (Å²) in [6, 6.07) is 7.25. The first-order valence-corrected chi connectivity index (χ1v) is 12.1. The van der Waals surface area contributed by atoms with Crippen LogP contribution in [0.15, 0.2) is 34.2 Å². The number of guanidine groups is 1. The standard InChI is InChI=1S/C21H35N3O3S.HI/c1-6-21(7-2)18(14-19(21)27-9-4)24-20(22-8-3)23-15-16-10-12-17(13-11-16)28(5,25)26;/h10-13,18-19H,6-9,14-15H2,1-5H3,(H2,22,23,24);1H. The van der Waals surface area contributed by atoms with E-state index in [0.29, 0.717) is 23.6 Å². The van der Waals surface area contributed by atoms with Gasteiger partial charge in [0.05, 0.1) is 17.5 Å². The normalized spacial score (nSPS) is 21.1. The summed E-state index contributed by atoms with van der Waals surface area (Å²) in [6.45, 7) is 10.6. The Morgan fingerprint density at radius 3 is 2.28 bits per heavy atom. The van der Waals surface area contributed by atoms with E-state index >= 15 is 0 Å². The van der Waals surface area contributed by atoms with E-state index < -0.39 is 9.84 Å². The molecule has 0 bridgehead atoms. The van der Waals surface area contributed by atoms with Crippen molar-refractivity contribution >= 4 is 39.8 Å². The molecule has 1 aromatic carbocycles. The summed E-state index contributed by atoms with van der Waals surface area (Å²) in [4.78, 5) is 5.04. The summed E-state index contributed by atoms with van der Waals surface area (Å²) in [7, 11) is -3.17. The molecule has 2 atom stereocenters. The van der Waals surface area contributed by atoms with Crippen LogP contribution in [-0.2, 0) is 21.1 Å². The van der Waals surface area contributed by atoms with Crippen LogP contribution in [0.3, 0.4) is 0 Å². The molecule has 1 fully saturated rings. The van der Waals surface area contributed by atoms with E-state index in [0.717, 1.165) is 43.9 Å². The van der Waals surface area contributed by atoms with Crippen molar-refractivity contribution in [3.8, 4) is 0 Å². The maximum absolute atomic E-state index is 11.6. The fourth-order valence-electron chi connectivity index (χ4n) is 4.08. The van der Waals surface area contributed by atoms with Crippen LogP contribution in [0.2, 0.25) is 0 Å². The Kier molecular flexibility index (Phi) is 10.4. The SMILES string of the molecule is CCNC(=NCc1ccc(S(C)(=O)=O)cc1)NC1CC(OCC)C1(CC)CC.I. The van der Waals surface area contributed by atoms with Crippen molar-refractivity contribution in [1.29, 1.82) is 0 Å². The molecule has 166 valence electrons. The molecule has 6 nitrogen and oxygen atoms in total. The van der Waals surface area contributed by atoms with Gasteiger partial charge in [-0.3, -0.25) is 0 Å². The Bertz CT molecular complexity index is 762. The van der Waals surface area contributed by atoms with Gasteiger partial charge in [0.1, 0.15) is 0 Å². The number of halogens is 1. The van der Waals surface area contributed by atoms with Gasteiger partial charge in [0.15, 0.2) is 15.8 Å². The molecule has 0 aromatic heterocycles. The fraction of sp³-hybridized carbons (Fsp3) is 0.667. The number of aliphatic imine (C=N–C) groups is 1. The molecule has 2 N–H and O–H groups in total. The van der Waals surface area contributed by atoms with Gasteiger partial charge >= 0.3 is 0 Å². The molecule has 1 aliphatic carbocycles. The zero-order valence-corrected chi connectivity index (χ0v) is 21.3. The van der Waals surface area contributed by atoms with Gasteiger partial charge < -0.3 is 15.4 Å². The van der Waals surface area contributed by atoms with Crippen LogP contribution in [0, 0.1) is 5.41 Å². The first-order chi connectivity index (χ1) is 13.3. The van der Waals surface area contributed by atoms with E-state index in [1.165, 1.54) is 6.26 Å². The molecule has 1 saturated carbocycles. The summed E-state index contributed by atoms with van der Waals surface area (Å²) < 4.78 is 29.1. The van der Waals surface area contributed by atoms with Crippen molar-refractivity contribution in [3.63, 3.8) is 0 Å². The van der Waals surface area contributed by atoms with E-state index in [1.807, 2.05) is 12.1 Å². The van der Waals surface area contributed by atoms with E-state index in [1.54, 1.807) is 12.1 Å². The molecule has 0 heterocycles. The Morgan fingerprint density at radius 2 is 1.79 bits per heavy atom. The lowest BCUT2D eigenvalue weighted by atomic mass is 9.58. The average molecular weight is 538 g/mol. The minimum atomic E-state index is -3.17. The van der Waals surface area contributed by atoms with Gasteiger partial charge in [-0.05, 0) is 50.8 Å². The highest BCUT2D eigenvalue weighted by molar-refractivity contribution is 14.0. The van der Waals surface area contributed by atoms with Gasteiger partial charge in [-0.2, -0.15) is 0 Å². The summed E-state index contributed by atoms with van der Waals surface area (Å²) in [5.74, 6) is 0.793. The zero-order valence-electron chi connectivity index (χ0n) is 18.2. The van der Waals surface area contributed by atoms with Crippen LogP contribution in [0.5, 0.6) is 0 Å². The number of sulfone groups is 1. The summed E-state index contributed by atoms with van der Waals surface area (Å²) in [5.41, 5.74) is 1.12. The van der Waals surface area contributed by atoms with Crippen molar-refractivity contribution in [3.05, 3.63) is 29.8 Å². The van der Waals surface area contributed by atoms with Crippen LogP contribution in [-0.4, -0.2) is 45.9 Å². The van der Waals surface area contributed by atoms with Crippen molar-refractivity contribution in [2.45, 2.75) is 70.5 Å². The molecule has 1 aromatic rings. The fourth-order valence-corrected chi connectivity index (χ4v) is 4.71. The summed E-state index contributed by atoms with van der Waals surface area (Å²) in [6.07, 6.45) is 4.64. The predicted molar refractivity (Wildman–Crippen MR) is 130 cm³/mol. The molecule has 2 unspecified atom stereocenters. The van der Waals surface area contributed by atoms with Crippen LogP contribution in [0.4, 0.5) is 0 Å². The van der Waals surface area contributed by atoms with E-state index in [-0.39, 0.29) is 29.4 Å². The minimum Gasteiger partial charge on any atom is -0.378 e. The van der Waals surface area contributed by atoms with E-state index in [2.05, 4.69) is 38.3 Å². The summed E-state index contributed by atoms with van der Waals surface area (Å²) in [5, 5.41) is 6.93. The first-order valence-electron chi connectivity index (χ1n) is 10.3.